The second-order valence-corrected chi connectivity index (χ2v) is 5.46. The standard InChI is InChI=1S/C18H28O/c1-3-5-6-7-8-10-16(9-4-2)15-17-11-13-18(19)14-12-17/h4,11-14,16,19H,2-3,5-10,15H2,1H3. The number of phenols is 1. The first-order valence-electron chi connectivity index (χ1n) is 7.65. The van der Waals surface area contributed by atoms with Crippen LogP contribution < -0.4 is 0 Å². The molecule has 1 N–H and O–H groups in total. The Hall–Kier alpha value is -1.24. The maximum Gasteiger partial charge on any atom is 0.115 e. The molecule has 1 aromatic carbocycles. The molecule has 0 aliphatic carbocycles. The fourth-order valence-corrected chi connectivity index (χ4v) is 2.54. The fraction of sp³-hybridized carbons (Fsp3) is 0.556. The van der Waals surface area contributed by atoms with Crippen LogP contribution in [0.15, 0.2) is 36.9 Å². The molecular formula is C18H28O. The van der Waals surface area contributed by atoms with Crippen molar-refractivity contribution in [3.05, 3.63) is 42.5 Å². The summed E-state index contributed by atoms with van der Waals surface area (Å²) in [7, 11) is 0. The van der Waals surface area contributed by atoms with E-state index < -0.39 is 0 Å². The lowest BCUT2D eigenvalue weighted by molar-refractivity contribution is 0.452. The molecule has 0 spiro atoms. The average Bonchev–Trinajstić information content (AvgIpc) is 2.41. The molecule has 1 heteroatoms. The Morgan fingerprint density at radius 3 is 2.42 bits per heavy atom. The zero-order valence-electron chi connectivity index (χ0n) is 12.3. The van der Waals surface area contributed by atoms with Crippen LogP contribution in [0.25, 0.3) is 0 Å². The first-order valence-corrected chi connectivity index (χ1v) is 7.65. The van der Waals surface area contributed by atoms with Crippen LogP contribution in [0, 0.1) is 5.92 Å². The SMILES string of the molecule is C=CCC(CCCCCCC)Cc1ccc(O)cc1. The molecule has 0 aromatic heterocycles. The van der Waals surface area contributed by atoms with Gasteiger partial charge in [0.05, 0.1) is 0 Å². The van der Waals surface area contributed by atoms with Crippen molar-refractivity contribution >= 4 is 0 Å². The highest BCUT2D eigenvalue weighted by atomic mass is 16.3. The number of benzene rings is 1. The van der Waals surface area contributed by atoms with Crippen molar-refractivity contribution < 1.29 is 5.11 Å². The quantitative estimate of drug-likeness (QED) is 0.436. The molecule has 0 saturated carbocycles. The predicted molar refractivity (Wildman–Crippen MR) is 83.5 cm³/mol. The number of allylic oxidation sites excluding steroid dienone is 1. The minimum absolute atomic E-state index is 0.351. The molecule has 1 rings (SSSR count). The number of rotatable bonds is 10. The van der Waals surface area contributed by atoms with Gasteiger partial charge >= 0.3 is 0 Å². The lowest BCUT2D eigenvalue weighted by Crippen LogP contribution is -2.04. The average molecular weight is 260 g/mol. The smallest absolute Gasteiger partial charge is 0.115 e. The predicted octanol–water partition coefficient (Wildman–Crippen LogP) is 5.49. The number of hydrogen-bond donors (Lipinski definition) is 1. The van der Waals surface area contributed by atoms with E-state index in [9.17, 15) is 5.11 Å². The molecule has 0 bridgehead atoms. The van der Waals surface area contributed by atoms with Crippen LogP contribution in [0.1, 0.15) is 57.4 Å². The molecule has 1 nitrogen and oxygen atoms in total. The molecule has 106 valence electrons. The highest BCUT2D eigenvalue weighted by molar-refractivity contribution is 5.26. The highest BCUT2D eigenvalue weighted by Gasteiger charge is 2.08. The molecule has 1 unspecified atom stereocenters. The molecule has 1 atom stereocenters. The van der Waals surface area contributed by atoms with E-state index in [1.54, 1.807) is 12.1 Å². The van der Waals surface area contributed by atoms with Gasteiger partial charge in [0, 0.05) is 0 Å². The molecule has 0 radical (unpaired) electrons. The Bertz CT molecular complexity index is 339. The molecule has 0 aliphatic heterocycles. The zero-order valence-corrected chi connectivity index (χ0v) is 12.3. The Morgan fingerprint density at radius 2 is 1.79 bits per heavy atom. The Balaban J connectivity index is 2.35. The largest absolute Gasteiger partial charge is 0.508 e. The van der Waals surface area contributed by atoms with Crippen molar-refractivity contribution in [3.8, 4) is 5.75 Å². The second-order valence-electron chi connectivity index (χ2n) is 5.46. The van der Waals surface area contributed by atoms with E-state index in [1.165, 1.54) is 44.1 Å². The molecule has 0 fully saturated rings. The van der Waals surface area contributed by atoms with E-state index in [1.807, 2.05) is 18.2 Å². The summed E-state index contributed by atoms with van der Waals surface area (Å²) >= 11 is 0. The van der Waals surface area contributed by atoms with Crippen LogP contribution >= 0.6 is 0 Å². The van der Waals surface area contributed by atoms with Crippen molar-refractivity contribution in [1.29, 1.82) is 0 Å². The number of phenolic OH excluding ortho intramolecular Hbond substituents is 1. The molecule has 0 aliphatic rings. The van der Waals surface area contributed by atoms with Gasteiger partial charge in [0.1, 0.15) is 5.75 Å². The Labute approximate surface area is 118 Å². The van der Waals surface area contributed by atoms with E-state index >= 15 is 0 Å². The summed E-state index contributed by atoms with van der Waals surface area (Å²) in [5.41, 5.74) is 1.32. The fourth-order valence-electron chi connectivity index (χ4n) is 2.54. The third-order valence-corrected chi connectivity index (χ3v) is 3.68. The minimum Gasteiger partial charge on any atom is -0.508 e. The van der Waals surface area contributed by atoms with Gasteiger partial charge in [-0.15, -0.1) is 6.58 Å². The van der Waals surface area contributed by atoms with Gasteiger partial charge in [0.2, 0.25) is 0 Å². The normalized spacial score (nSPS) is 12.3. The van der Waals surface area contributed by atoms with Crippen LogP contribution in [0.4, 0.5) is 0 Å². The molecule has 1 aromatic rings. The Morgan fingerprint density at radius 1 is 1.11 bits per heavy atom. The van der Waals surface area contributed by atoms with Gasteiger partial charge in [-0.25, -0.2) is 0 Å². The zero-order chi connectivity index (χ0) is 13.9. The first-order chi connectivity index (χ1) is 9.26. The summed E-state index contributed by atoms with van der Waals surface area (Å²) in [4.78, 5) is 0. The number of hydrogen-bond acceptors (Lipinski definition) is 1. The summed E-state index contributed by atoms with van der Waals surface area (Å²) in [6.45, 7) is 6.13. The van der Waals surface area contributed by atoms with E-state index in [4.69, 9.17) is 0 Å². The van der Waals surface area contributed by atoms with E-state index in [2.05, 4.69) is 13.5 Å². The lowest BCUT2D eigenvalue weighted by atomic mass is 9.91. The molecule has 0 amide bonds. The van der Waals surface area contributed by atoms with E-state index in [-0.39, 0.29) is 0 Å². The van der Waals surface area contributed by atoms with Gasteiger partial charge in [-0.3, -0.25) is 0 Å². The van der Waals surface area contributed by atoms with Gasteiger partial charge in [0.15, 0.2) is 0 Å². The van der Waals surface area contributed by atoms with Crippen molar-refractivity contribution in [3.63, 3.8) is 0 Å². The first kappa shape index (κ1) is 15.8. The maximum atomic E-state index is 9.30. The summed E-state index contributed by atoms with van der Waals surface area (Å²) < 4.78 is 0. The summed E-state index contributed by atoms with van der Waals surface area (Å²) in [5.74, 6) is 1.05. The monoisotopic (exact) mass is 260 g/mol. The minimum atomic E-state index is 0.351. The summed E-state index contributed by atoms with van der Waals surface area (Å²) in [6, 6.07) is 7.62. The van der Waals surface area contributed by atoms with E-state index in [0.717, 1.165) is 12.8 Å². The van der Waals surface area contributed by atoms with Crippen LogP contribution in [0.3, 0.4) is 0 Å². The van der Waals surface area contributed by atoms with Crippen molar-refractivity contribution in [1.82, 2.24) is 0 Å². The third-order valence-electron chi connectivity index (χ3n) is 3.68. The van der Waals surface area contributed by atoms with Crippen molar-refractivity contribution in [2.75, 3.05) is 0 Å². The highest BCUT2D eigenvalue weighted by Crippen LogP contribution is 2.21. The van der Waals surface area contributed by atoms with Crippen LogP contribution in [0.5, 0.6) is 5.75 Å². The van der Waals surface area contributed by atoms with Crippen LogP contribution in [0.2, 0.25) is 0 Å². The van der Waals surface area contributed by atoms with Crippen molar-refractivity contribution in [2.24, 2.45) is 5.92 Å². The van der Waals surface area contributed by atoms with Crippen LogP contribution in [-0.4, -0.2) is 5.11 Å². The molecule has 0 saturated heterocycles. The van der Waals surface area contributed by atoms with Gasteiger partial charge in [-0.1, -0.05) is 57.2 Å². The summed E-state index contributed by atoms with van der Waals surface area (Å²) in [6.07, 6.45) is 12.3. The number of unbranched alkanes of at least 4 members (excludes halogenated alkanes) is 4. The van der Waals surface area contributed by atoms with Gasteiger partial charge in [-0.2, -0.15) is 0 Å². The second kappa shape index (κ2) is 9.66. The van der Waals surface area contributed by atoms with Gasteiger partial charge in [0.25, 0.3) is 0 Å². The number of aromatic hydroxyl groups is 1. The van der Waals surface area contributed by atoms with Crippen molar-refractivity contribution in [2.45, 2.75) is 58.3 Å². The molecule has 0 heterocycles. The van der Waals surface area contributed by atoms with Gasteiger partial charge in [-0.05, 0) is 42.9 Å². The molecule has 19 heavy (non-hydrogen) atoms. The third kappa shape index (κ3) is 7.05. The lowest BCUT2D eigenvalue weighted by Gasteiger charge is -2.15. The van der Waals surface area contributed by atoms with Gasteiger partial charge < -0.3 is 5.11 Å². The maximum absolute atomic E-state index is 9.30. The molecular weight excluding hydrogens is 232 g/mol. The topological polar surface area (TPSA) is 20.2 Å². The summed E-state index contributed by atoms with van der Waals surface area (Å²) in [5, 5.41) is 9.30. The van der Waals surface area contributed by atoms with E-state index in [0.29, 0.717) is 11.7 Å². The Kier molecular flexibility index (Phi) is 8.04. The van der Waals surface area contributed by atoms with Crippen LogP contribution in [-0.2, 0) is 6.42 Å².